The van der Waals surface area contributed by atoms with Gasteiger partial charge in [0.25, 0.3) is 5.91 Å². The Balaban J connectivity index is 1.51. The number of carbonyl (C=O) groups excluding carboxylic acids is 3. The first-order chi connectivity index (χ1) is 15.9. The zero-order chi connectivity index (χ0) is 23.8. The average Bonchev–Trinajstić information content (AvgIpc) is 2.99. The van der Waals surface area contributed by atoms with Gasteiger partial charge in [-0.05, 0) is 49.2 Å². The van der Waals surface area contributed by atoms with Crippen LogP contribution in [0, 0.1) is 0 Å². The monoisotopic (exact) mass is 468 g/mol. The van der Waals surface area contributed by atoms with Gasteiger partial charge >= 0.3 is 5.97 Å². The fourth-order valence-corrected chi connectivity index (χ4v) is 4.40. The summed E-state index contributed by atoms with van der Waals surface area (Å²) >= 11 is 1.73. The molecule has 3 rings (SSSR count). The largest absolute Gasteiger partial charge is 0.497 e. The second-order valence-corrected chi connectivity index (χ2v) is 9.15. The summed E-state index contributed by atoms with van der Waals surface area (Å²) in [5.41, 5.74) is 1.65. The number of hydrogen-bond acceptors (Lipinski definition) is 6. The van der Waals surface area contributed by atoms with E-state index in [1.807, 2.05) is 36.4 Å². The fraction of sp³-hybridized carbons (Fsp3) is 0.320. The Kier molecular flexibility index (Phi) is 8.54. The van der Waals surface area contributed by atoms with Crippen LogP contribution in [-0.2, 0) is 19.1 Å². The van der Waals surface area contributed by atoms with Crippen LogP contribution < -0.4 is 15.0 Å². The van der Waals surface area contributed by atoms with E-state index >= 15 is 0 Å². The summed E-state index contributed by atoms with van der Waals surface area (Å²) in [6.07, 6.45) is 3.81. The molecule has 33 heavy (non-hydrogen) atoms. The predicted octanol–water partition coefficient (Wildman–Crippen LogP) is 3.67. The average molecular weight is 469 g/mol. The summed E-state index contributed by atoms with van der Waals surface area (Å²) in [5.74, 6) is -0.669. The topological polar surface area (TPSA) is 84.9 Å². The van der Waals surface area contributed by atoms with Crippen LogP contribution >= 0.6 is 11.8 Å². The quantitative estimate of drug-likeness (QED) is 0.493. The van der Waals surface area contributed by atoms with Crippen molar-refractivity contribution < 1.29 is 23.9 Å². The van der Waals surface area contributed by atoms with Crippen molar-refractivity contribution in [1.82, 2.24) is 5.32 Å². The number of nitrogens with zero attached hydrogens (tertiary/aromatic N) is 1. The number of nitrogens with one attached hydrogen (secondary N) is 1. The second-order valence-electron chi connectivity index (χ2n) is 7.67. The van der Waals surface area contributed by atoms with Crippen LogP contribution in [0.3, 0.4) is 0 Å². The highest BCUT2D eigenvalue weighted by atomic mass is 32.2. The normalized spacial score (nSPS) is 16.5. The minimum atomic E-state index is -0.891. The summed E-state index contributed by atoms with van der Waals surface area (Å²) in [6, 6.07) is 14.0. The van der Waals surface area contributed by atoms with Gasteiger partial charge in [-0.2, -0.15) is 0 Å². The number of carbonyl (C=O) groups is 3. The van der Waals surface area contributed by atoms with Gasteiger partial charge in [0.05, 0.1) is 12.8 Å². The molecule has 0 aromatic heterocycles. The molecule has 0 aliphatic carbocycles. The van der Waals surface area contributed by atoms with Crippen molar-refractivity contribution in [3.05, 3.63) is 60.2 Å². The molecule has 0 spiro atoms. The first kappa shape index (κ1) is 24.4. The molecule has 174 valence electrons. The van der Waals surface area contributed by atoms with Gasteiger partial charge in [0.1, 0.15) is 11.8 Å². The minimum Gasteiger partial charge on any atom is -0.497 e. The van der Waals surface area contributed by atoms with Crippen LogP contribution in [-0.4, -0.2) is 49.3 Å². The third-order valence-corrected chi connectivity index (χ3v) is 6.37. The van der Waals surface area contributed by atoms with Crippen LogP contribution in [0.15, 0.2) is 59.5 Å². The van der Waals surface area contributed by atoms with Gasteiger partial charge in [-0.1, -0.05) is 31.2 Å². The number of anilines is 1. The number of amides is 2. The van der Waals surface area contributed by atoms with Crippen LogP contribution in [0.2, 0.25) is 0 Å². The van der Waals surface area contributed by atoms with Gasteiger partial charge in [-0.15, -0.1) is 11.8 Å². The molecule has 8 heteroatoms. The molecule has 0 bridgehead atoms. The van der Waals surface area contributed by atoms with Gasteiger partial charge in [0.15, 0.2) is 6.61 Å². The molecule has 2 aromatic rings. The summed E-state index contributed by atoms with van der Waals surface area (Å²) in [5, 5.41) is 2.94. The smallest absolute Gasteiger partial charge is 0.328 e. The Morgan fingerprint density at radius 3 is 2.64 bits per heavy atom. The number of ether oxygens (including phenoxy) is 2. The number of para-hydroxylation sites is 1. The lowest BCUT2D eigenvalue weighted by molar-refractivity contribution is -0.150. The molecular formula is C25H28N2O5S. The van der Waals surface area contributed by atoms with E-state index in [0.29, 0.717) is 11.8 Å². The van der Waals surface area contributed by atoms with E-state index < -0.39 is 17.9 Å². The first-order valence-corrected chi connectivity index (χ1v) is 11.6. The fourth-order valence-electron chi connectivity index (χ4n) is 3.29. The lowest BCUT2D eigenvalue weighted by Gasteiger charge is -2.22. The highest BCUT2D eigenvalue weighted by Crippen LogP contribution is 2.37. The molecule has 1 heterocycles. The molecule has 0 radical (unpaired) electrons. The summed E-state index contributed by atoms with van der Waals surface area (Å²) in [4.78, 5) is 40.0. The number of benzene rings is 2. The van der Waals surface area contributed by atoms with E-state index in [-0.39, 0.29) is 12.5 Å². The van der Waals surface area contributed by atoms with E-state index in [2.05, 4.69) is 12.2 Å². The van der Waals surface area contributed by atoms with Crippen LogP contribution in [0.25, 0.3) is 6.08 Å². The number of fused-ring (bicyclic) bond motifs is 1. The van der Waals surface area contributed by atoms with Crippen molar-refractivity contribution in [1.29, 1.82) is 0 Å². The zero-order valence-electron chi connectivity index (χ0n) is 18.9. The highest BCUT2D eigenvalue weighted by molar-refractivity contribution is 8.00. The number of rotatable bonds is 7. The molecule has 2 aromatic carbocycles. The standard InChI is InChI=1S/C25H28N2O5S/c1-17-14-15-27(21-6-4-5-7-22(21)33-17)24(29)16-32-25(30)18(2)26-23(28)13-10-19-8-11-20(31-3)12-9-19/h4-13,17-18H,14-16H2,1-3H3,(H,26,28)/t17?,18-/m0/s1. The number of esters is 1. The van der Waals surface area contributed by atoms with E-state index in [1.165, 1.54) is 13.0 Å². The van der Waals surface area contributed by atoms with E-state index in [0.717, 1.165) is 28.3 Å². The molecule has 2 amide bonds. The van der Waals surface area contributed by atoms with E-state index in [4.69, 9.17) is 9.47 Å². The second kappa shape index (κ2) is 11.6. The molecule has 2 atom stereocenters. The van der Waals surface area contributed by atoms with Crippen molar-refractivity contribution in [3.63, 3.8) is 0 Å². The Labute approximate surface area is 198 Å². The highest BCUT2D eigenvalue weighted by Gasteiger charge is 2.25. The molecule has 1 aliphatic rings. The van der Waals surface area contributed by atoms with Crippen molar-refractivity contribution in [3.8, 4) is 5.75 Å². The van der Waals surface area contributed by atoms with E-state index in [9.17, 15) is 14.4 Å². The van der Waals surface area contributed by atoms with Gasteiger partial charge in [-0.25, -0.2) is 4.79 Å². The number of hydrogen-bond donors (Lipinski definition) is 1. The zero-order valence-corrected chi connectivity index (χ0v) is 19.8. The van der Waals surface area contributed by atoms with Crippen molar-refractivity contribution in [2.75, 3.05) is 25.2 Å². The predicted molar refractivity (Wildman–Crippen MR) is 129 cm³/mol. The number of methoxy groups -OCH3 is 1. The lowest BCUT2D eigenvalue weighted by Crippen LogP contribution is -2.41. The van der Waals surface area contributed by atoms with Crippen molar-refractivity contribution in [2.45, 2.75) is 36.5 Å². The summed E-state index contributed by atoms with van der Waals surface area (Å²) in [6.45, 7) is 3.83. The van der Waals surface area contributed by atoms with Gasteiger partial charge in [0, 0.05) is 22.8 Å². The maximum absolute atomic E-state index is 12.8. The van der Waals surface area contributed by atoms with Crippen LogP contribution in [0.5, 0.6) is 5.75 Å². The van der Waals surface area contributed by atoms with Crippen molar-refractivity contribution >= 4 is 41.3 Å². The number of thioether (sulfide) groups is 1. The first-order valence-electron chi connectivity index (χ1n) is 10.7. The Morgan fingerprint density at radius 1 is 1.18 bits per heavy atom. The molecule has 1 N–H and O–H groups in total. The summed E-state index contributed by atoms with van der Waals surface area (Å²) in [7, 11) is 1.58. The SMILES string of the molecule is COc1ccc(C=CC(=O)N[C@@H](C)C(=O)OCC(=O)N2CCC(C)Sc3ccccc32)cc1. The van der Waals surface area contributed by atoms with Gasteiger partial charge < -0.3 is 19.7 Å². The van der Waals surface area contributed by atoms with E-state index in [1.54, 1.807) is 42.0 Å². The van der Waals surface area contributed by atoms with Gasteiger partial charge in [-0.3, -0.25) is 9.59 Å². The van der Waals surface area contributed by atoms with Crippen LogP contribution in [0.1, 0.15) is 25.8 Å². The molecule has 7 nitrogen and oxygen atoms in total. The third-order valence-electron chi connectivity index (χ3n) is 5.14. The molecule has 0 saturated heterocycles. The Bertz CT molecular complexity index is 1020. The molecule has 1 aliphatic heterocycles. The van der Waals surface area contributed by atoms with Crippen LogP contribution in [0.4, 0.5) is 5.69 Å². The van der Waals surface area contributed by atoms with Crippen molar-refractivity contribution in [2.24, 2.45) is 0 Å². The minimum absolute atomic E-state index is 0.288. The summed E-state index contributed by atoms with van der Waals surface area (Å²) < 4.78 is 10.3. The lowest BCUT2D eigenvalue weighted by atomic mass is 10.2. The van der Waals surface area contributed by atoms with Gasteiger partial charge in [0.2, 0.25) is 5.91 Å². The molecule has 1 unspecified atom stereocenters. The molecule has 0 saturated carbocycles. The maximum Gasteiger partial charge on any atom is 0.328 e. The maximum atomic E-state index is 12.8. The molecular weight excluding hydrogens is 440 g/mol. The Hall–Kier alpha value is -3.26. The molecule has 0 fully saturated rings. The Morgan fingerprint density at radius 2 is 1.91 bits per heavy atom. The third kappa shape index (κ3) is 6.86.